The van der Waals surface area contributed by atoms with E-state index >= 15 is 0 Å². The number of carbonyl (C=O) groups is 1. The molecule has 23 heavy (non-hydrogen) atoms. The minimum Gasteiger partial charge on any atom is -0.489 e. The summed E-state index contributed by atoms with van der Waals surface area (Å²) in [6.45, 7) is 0.357. The molecule has 1 unspecified atom stereocenters. The molecular formula is C17H15Cl2NO3. The summed E-state index contributed by atoms with van der Waals surface area (Å²) in [5.74, 6) is 0.780. The van der Waals surface area contributed by atoms with E-state index in [1.54, 1.807) is 18.2 Å². The number of fused-ring (bicyclic) bond motifs is 1. The van der Waals surface area contributed by atoms with Crippen LogP contribution >= 0.6 is 23.2 Å². The van der Waals surface area contributed by atoms with E-state index in [4.69, 9.17) is 33.0 Å². The summed E-state index contributed by atoms with van der Waals surface area (Å²) in [4.78, 5) is 10.5. The van der Waals surface area contributed by atoms with Crippen molar-refractivity contribution in [3.63, 3.8) is 0 Å². The number of hydrogen-bond donors (Lipinski definition) is 2. The van der Waals surface area contributed by atoms with Crippen molar-refractivity contribution in [1.29, 1.82) is 0 Å². The van der Waals surface area contributed by atoms with E-state index in [0.29, 0.717) is 23.0 Å². The number of para-hydroxylation sites is 1. The largest absolute Gasteiger partial charge is 0.489 e. The number of ether oxygens (including phenoxy) is 1. The molecule has 2 N–H and O–H groups in total. The zero-order valence-electron chi connectivity index (χ0n) is 12.2. The van der Waals surface area contributed by atoms with E-state index in [-0.39, 0.29) is 6.10 Å². The predicted molar refractivity (Wildman–Crippen MR) is 90.7 cm³/mol. The first-order valence-corrected chi connectivity index (χ1v) is 8.01. The van der Waals surface area contributed by atoms with Gasteiger partial charge in [0.1, 0.15) is 11.9 Å². The highest BCUT2D eigenvalue weighted by atomic mass is 35.5. The Balaban J connectivity index is 1.86. The lowest BCUT2D eigenvalue weighted by Crippen LogP contribution is -2.26. The van der Waals surface area contributed by atoms with Crippen molar-refractivity contribution >= 4 is 29.3 Å². The highest BCUT2D eigenvalue weighted by molar-refractivity contribution is 6.39. The van der Waals surface area contributed by atoms with Crippen LogP contribution in [0.2, 0.25) is 10.0 Å². The third-order valence-electron chi connectivity index (χ3n) is 3.80. The third kappa shape index (κ3) is 3.38. The number of nitrogens with one attached hydrogen (secondary N) is 1. The van der Waals surface area contributed by atoms with Gasteiger partial charge in [0.25, 0.3) is 0 Å². The maximum atomic E-state index is 10.5. The van der Waals surface area contributed by atoms with Gasteiger partial charge in [-0.25, -0.2) is 4.79 Å². The van der Waals surface area contributed by atoms with Crippen molar-refractivity contribution in [2.75, 3.05) is 6.54 Å². The average molecular weight is 352 g/mol. The lowest BCUT2D eigenvalue weighted by atomic mass is 10.00. The number of carboxylic acid groups (broad SMARTS) is 1. The summed E-state index contributed by atoms with van der Waals surface area (Å²) in [6, 6.07) is 11.3. The highest BCUT2D eigenvalue weighted by Gasteiger charge is 2.26. The van der Waals surface area contributed by atoms with Crippen molar-refractivity contribution in [2.24, 2.45) is 0 Å². The first kappa shape index (κ1) is 16.0. The molecular weight excluding hydrogens is 337 g/mol. The Kier molecular flexibility index (Phi) is 4.64. The fraction of sp³-hybridized carbons (Fsp3) is 0.235. The van der Waals surface area contributed by atoms with Gasteiger partial charge in [0.05, 0.1) is 10.0 Å². The molecule has 0 aromatic heterocycles. The van der Waals surface area contributed by atoms with Gasteiger partial charge in [0.15, 0.2) is 0 Å². The van der Waals surface area contributed by atoms with Gasteiger partial charge in [-0.1, -0.05) is 47.5 Å². The smallest absolute Gasteiger partial charge is 0.404 e. The van der Waals surface area contributed by atoms with Crippen LogP contribution in [-0.2, 0) is 6.42 Å². The van der Waals surface area contributed by atoms with Crippen LogP contribution in [0.5, 0.6) is 5.75 Å². The number of amides is 1. The molecule has 2 aromatic carbocycles. The maximum Gasteiger partial charge on any atom is 0.404 e. The van der Waals surface area contributed by atoms with Crippen molar-refractivity contribution < 1.29 is 14.6 Å². The summed E-state index contributed by atoms with van der Waals surface area (Å²) in [6.07, 6.45) is 0.270. The van der Waals surface area contributed by atoms with Crippen molar-refractivity contribution in [3.8, 4) is 16.9 Å². The lowest BCUT2D eigenvalue weighted by Gasteiger charge is -2.14. The molecule has 1 heterocycles. The Morgan fingerprint density at radius 2 is 1.91 bits per heavy atom. The molecule has 3 rings (SSSR count). The Bertz CT molecular complexity index is 728. The highest BCUT2D eigenvalue weighted by Crippen LogP contribution is 2.44. The molecule has 4 nitrogen and oxygen atoms in total. The summed E-state index contributed by atoms with van der Waals surface area (Å²) < 4.78 is 6.03. The van der Waals surface area contributed by atoms with E-state index < -0.39 is 6.09 Å². The molecule has 1 aliphatic heterocycles. The molecule has 0 fully saturated rings. The zero-order valence-corrected chi connectivity index (χ0v) is 13.7. The van der Waals surface area contributed by atoms with Crippen LogP contribution in [0.25, 0.3) is 11.1 Å². The van der Waals surface area contributed by atoms with Gasteiger partial charge in [-0.05, 0) is 17.7 Å². The molecule has 6 heteroatoms. The number of halogens is 2. The minimum atomic E-state index is -1.02. The number of hydrogen-bond acceptors (Lipinski definition) is 2. The van der Waals surface area contributed by atoms with Crippen LogP contribution in [0.15, 0.2) is 36.4 Å². The molecule has 1 atom stereocenters. The molecule has 0 saturated carbocycles. The number of benzene rings is 2. The fourth-order valence-electron chi connectivity index (χ4n) is 2.79. The molecule has 2 aromatic rings. The third-order valence-corrected chi connectivity index (χ3v) is 4.43. The predicted octanol–water partition coefficient (Wildman–Crippen LogP) is 4.62. The van der Waals surface area contributed by atoms with Gasteiger partial charge < -0.3 is 15.2 Å². The number of rotatable bonds is 4. The first-order chi connectivity index (χ1) is 11.1. The van der Waals surface area contributed by atoms with Crippen LogP contribution in [0.3, 0.4) is 0 Å². The second kappa shape index (κ2) is 6.69. The van der Waals surface area contributed by atoms with E-state index in [1.807, 2.05) is 18.2 Å². The molecule has 1 aliphatic rings. The van der Waals surface area contributed by atoms with Gasteiger partial charge in [-0.15, -0.1) is 0 Å². The average Bonchev–Trinajstić information content (AvgIpc) is 2.90. The molecule has 0 aliphatic carbocycles. The van der Waals surface area contributed by atoms with E-state index in [0.717, 1.165) is 28.9 Å². The molecule has 0 radical (unpaired) electrons. The first-order valence-electron chi connectivity index (χ1n) is 7.26. The Labute approximate surface area is 144 Å². The van der Waals surface area contributed by atoms with Crippen molar-refractivity contribution in [3.05, 3.63) is 52.0 Å². The van der Waals surface area contributed by atoms with Crippen LogP contribution in [0.4, 0.5) is 4.79 Å². The quantitative estimate of drug-likeness (QED) is 0.844. The SMILES string of the molecule is O=C(O)NCCC1Cc2cccc(-c3c(Cl)cccc3Cl)c2O1. The summed E-state index contributed by atoms with van der Waals surface area (Å²) in [5.41, 5.74) is 2.71. The van der Waals surface area contributed by atoms with Gasteiger partial charge in [-0.3, -0.25) is 0 Å². The van der Waals surface area contributed by atoms with Crippen molar-refractivity contribution in [2.45, 2.75) is 18.9 Å². The van der Waals surface area contributed by atoms with Gasteiger partial charge in [0, 0.05) is 30.5 Å². The summed E-state index contributed by atoms with van der Waals surface area (Å²) in [5, 5.41) is 12.1. The van der Waals surface area contributed by atoms with Gasteiger partial charge >= 0.3 is 6.09 Å². The lowest BCUT2D eigenvalue weighted by molar-refractivity contribution is 0.188. The molecule has 0 saturated heterocycles. The Hall–Kier alpha value is -1.91. The second-order valence-corrected chi connectivity index (χ2v) is 6.17. The van der Waals surface area contributed by atoms with Crippen LogP contribution in [0, 0.1) is 0 Å². The second-order valence-electron chi connectivity index (χ2n) is 5.36. The standard InChI is InChI=1S/C17H15Cl2NO3/c18-13-5-2-6-14(19)15(13)12-4-1-3-10-9-11(23-16(10)12)7-8-20-17(21)22/h1-6,11,20H,7-9H2,(H,21,22). The van der Waals surface area contributed by atoms with Gasteiger partial charge in [-0.2, -0.15) is 0 Å². The molecule has 0 bridgehead atoms. The summed E-state index contributed by atoms with van der Waals surface area (Å²) >= 11 is 12.6. The van der Waals surface area contributed by atoms with Crippen LogP contribution < -0.4 is 10.1 Å². The Morgan fingerprint density at radius 3 is 2.61 bits per heavy atom. The van der Waals surface area contributed by atoms with E-state index in [2.05, 4.69) is 5.32 Å². The maximum absolute atomic E-state index is 10.5. The van der Waals surface area contributed by atoms with Crippen LogP contribution in [0.1, 0.15) is 12.0 Å². The summed E-state index contributed by atoms with van der Waals surface area (Å²) in [7, 11) is 0. The van der Waals surface area contributed by atoms with Gasteiger partial charge in [0.2, 0.25) is 0 Å². The minimum absolute atomic E-state index is 0.0562. The van der Waals surface area contributed by atoms with E-state index in [1.165, 1.54) is 0 Å². The normalized spacial score (nSPS) is 15.8. The topological polar surface area (TPSA) is 58.6 Å². The molecule has 0 spiro atoms. The Morgan fingerprint density at radius 1 is 1.22 bits per heavy atom. The molecule has 120 valence electrons. The van der Waals surface area contributed by atoms with Crippen LogP contribution in [-0.4, -0.2) is 23.8 Å². The fourth-order valence-corrected chi connectivity index (χ4v) is 3.39. The monoisotopic (exact) mass is 351 g/mol. The molecule has 1 amide bonds. The van der Waals surface area contributed by atoms with Crippen molar-refractivity contribution in [1.82, 2.24) is 5.32 Å². The zero-order chi connectivity index (χ0) is 16.4. The van der Waals surface area contributed by atoms with E-state index in [9.17, 15) is 4.79 Å².